The van der Waals surface area contributed by atoms with Crippen LogP contribution in [0.2, 0.25) is 10.2 Å². The van der Waals surface area contributed by atoms with Crippen LogP contribution in [-0.4, -0.2) is 25.8 Å². The molecule has 3 rings (SSSR count). The molecule has 102 valence electrons. The van der Waals surface area contributed by atoms with Crippen molar-refractivity contribution in [3.05, 3.63) is 44.0 Å². The van der Waals surface area contributed by atoms with Crippen LogP contribution in [0.3, 0.4) is 0 Å². The van der Waals surface area contributed by atoms with Gasteiger partial charge in [0.2, 0.25) is 0 Å². The second kappa shape index (κ2) is 5.23. The molecule has 0 unspecified atom stereocenters. The van der Waals surface area contributed by atoms with Crippen molar-refractivity contribution < 1.29 is 0 Å². The lowest BCUT2D eigenvalue weighted by Gasteiger charge is -2.00. The third kappa shape index (κ3) is 2.28. The number of hydrazone groups is 1. The highest BCUT2D eigenvalue weighted by Gasteiger charge is 2.09. The maximum Gasteiger partial charge on any atom is 0.285 e. The summed E-state index contributed by atoms with van der Waals surface area (Å²) in [5, 5.41) is 12.0. The second-order valence-electron chi connectivity index (χ2n) is 3.64. The second-order valence-corrected chi connectivity index (χ2v) is 5.25. The summed E-state index contributed by atoms with van der Waals surface area (Å²) in [7, 11) is 0. The van der Waals surface area contributed by atoms with Crippen LogP contribution in [0.4, 0.5) is 5.69 Å². The van der Waals surface area contributed by atoms with Crippen LogP contribution < -0.4 is 11.0 Å². The van der Waals surface area contributed by atoms with Crippen molar-refractivity contribution >= 4 is 51.4 Å². The van der Waals surface area contributed by atoms with Crippen LogP contribution >= 0.6 is 34.5 Å². The monoisotopic (exact) mass is 328 g/mol. The average Bonchev–Trinajstić information content (AvgIpc) is 2.97. The summed E-state index contributed by atoms with van der Waals surface area (Å²) in [6.45, 7) is 0. The molecular formula is C10H6Cl2N6OS. The summed E-state index contributed by atoms with van der Waals surface area (Å²) in [6.07, 6.45) is 4.69. The Morgan fingerprint density at radius 3 is 3.20 bits per heavy atom. The molecule has 0 aliphatic carbocycles. The molecule has 0 aromatic carbocycles. The molecule has 10 heteroatoms. The Labute approximate surface area is 125 Å². The molecular weight excluding hydrogens is 323 g/mol. The summed E-state index contributed by atoms with van der Waals surface area (Å²) >= 11 is 13.3. The standard InChI is InChI=1S/C10H6Cl2N6OS/c11-7-5(3-13-17-9(7)19)16-14-4-6-8(12)15-10-18(6)1-2-20-10/h1-4H,(H2,16,17,19)/b14-4-. The largest absolute Gasteiger partial charge is 0.288 e. The number of aromatic nitrogens is 4. The Morgan fingerprint density at radius 2 is 2.35 bits per heavy atom. The number of aromatic amines is 1. The lowest BCUT2D eigenvalue weighted by Crippen LogP contribution is -2.10. The van der Waals surface area contributed by atoms with Crippen LogP contribution in [0.25, 0.3) is 4.96 Å². The van der Waals surface area contributed by atoms with Gasteiger partial charge in [0.05, 0.1) is 12.4 Å². The highest BCUT2D eigenvalue weighted by atomic mass is 35.5. The number of H-pyrrole nitrogens is 1. The van der Waals surface area contributed by atoms with E-state index < -0.39 is 5.56 Å². The fraction of sp³-hybridized carbons (Fsp3) is 0. The van der Waals surface area contributed by atoms with Gasteiger partial charge in [-0.1, -0.05) is 23.2 Å². The van der Waals surface area contributed by atoms with Gasteiger partial charge >= 0.3 is 0 Å². The zero-order chi connectivity index (χ0) is 14.1. The van der Waals surface area contributed by atoms with E-state index in [9.17, 15) is 4.79 Å². The molecule has 0 atom stereocenters. The molecule has 0 bridgehead atoms. The first-order chi connectivity index (χ1) is 9.66. The molecule has 0 saturated heterocycles. The zero-order valence-electron chi connectivity index (χ0n) is 9.67. The molecule has 0 aliphatic heterocycles. The minimum Gasteiger partial charge on any atom is -0.288 e. The van der Waals surface area contributed by atoms with E-state index in [0.29, 0.717) is 16.5 Å². The molecule has 0 spiro atoms. The molecule has 20 heavy (non-hydrogen) atoms. The van der Waals surface area contributed by atoms with E-state index in [1.807, 2.05) is 11.6 Å². The number of hydrogen-bond acceptors (Lipinski definition) is 6. The van der Waals surface area contributed by atoms with Crippen molar-refractivity contribution in [1.29, 1.82) is 0 Å². The van der Waals surface area contributed by atoms with Crippen molar-refractivity contribution in [2.24, 2.45) is 5.10 Å². The smallest absolute Gasteiger partial charge is 0.285 e. The van der Waals surface area contributed by atoms with Gasteiger partial charge in [0.25, 0.3) is 5.56 Å². The fourth-order valence-corrected chi connectivity index (χ4v) is 2.64. The first kappa shape index (κ1) is 13.1. The quantitative estimate of drug-likeness (QED) is 0.570. The van der Waals surface area contributed by atoms with Gasteiger partial charge in [-0.15, -0.1) is 11.3 Å². The van der Waals surface area contributed by atoms with Crippen molar-refractivity contribution in [3.8, 4) is 0 Å². The molecule has 3 aromatic rings. The first-order valence-electron chi connectivity index (χ1n) is 5.30. The van der Waals surface area contributed by atoms with Gasteiger partial charge in [0.15, 0.2) is 10.1 Å². The fourth-order valence-electron chi connectivity index (χ4n) is 1.52. The highest BCUT2D eigenvalue weighted by Crippen LogP contribution is 2.20. The summed E-state index contributed by atoms with van der Waals surface area (Å²) in [6, 6.07) is 0. The lowest BCUT2D eigenvalue weighted by molar-refractivity contribution is 0.987. The maximum absolute atomic E-state index is 11.3. The number of halogens is 2. The topological polar surface area (TPSA) is 87.4 Å². The van der Waals surface area contributed by atoms with Crippen LogP contribution in [0, 0.1) is 0 Å². The number of nitrogens with one attached hydrogen (secondary N) is 2. The van der Waals surface area contributed by atoms with Gasteiger partial charge in [0.1, 0.15) is 16.4 Å². The SMILES string of the molecule is O=c1[nH]ncc(N/N=C\c2c(Cl)nc3sccn23)c1Cl. The van der Waals surface area contributed by atoms with Crippen LogP contribution in [0.15, 0.2) is 27.7 Å². The minimum atomic E-state index is -0.491. The predicted octanol–water partition coefficient (Wildman–Crippen LogP) is 2.23. The van der Waals surface area contributed by atoms with Crippen molar-refractivity contribution in [2.45, 2.75) is 0 Å². The normalized spacial score (nSPS) is 11.5. The van der Waals surface area contributed by atoms with Crippen molar-refractivity contribution in [1.82, 2.24) is 19.6 Å². The Morgan fingerprint density at radius 1 is 1.50 bits per heavy atom. The first-order valence-corrected chi connectivity index (χ1v) is 6.93. The van der Waals surface area contributed by atoms with E-state index in [-0.39, 0.29) is 5.02 Å². The molecule has 0 saturated carbocycles. The zero-order valence-corrected chi connectivity index (χ0v) is 12.0. The van der Waals surface area contributed by atoms with Crippen molar-refractivity contribution in [2.75, 3.05) is 5.43 Å². The molecule has 0 radical (unpaired) electrons. The van der Waals surface area contributed by atoms with Crippen LogP contribution in [0.1, 0.15) is 5.69 Å². The van der Waals surface area contributed by atoms with Crippen molar-refractivity contribution in [3.63, 3.8) is 0 Å². The number of nitrogens with zero attached hydrogens (tertiary/aromatic N) is 4. The molecule has 0 fully saturated rings. The van der Waals surface area contributed by atoms with E-state index in [1.165, 1.54) is 23.7 Å². The molecule has 2 N–H and O–H groups in total. The van der Waals surface area contributed by atoms with Crippen LogP contribution in [0.5, 0.6) is 0 Å². The van der Waals surface area contributed by atoms with E-state index in [4.69, 9.17) is 23.2 Å². The van der Waals surface area contributed by atoms with Gasteiger partial charge in [-0.25, -0.2) is 10.1 Å². The summed E-state index contributed by atoms with van der Waals surface area (Å²) in [5.41, 5.74) is 3.07. The number of fused-ring (bicyclic) bond motifs is 1. The van der Waals surface area contributed by atoms with Gasteiger partial charge < -0.3 is 0 Å². The summed E-state index contributed by atoms with van der Waals surface area (Å²) in [4.78, 5) is 16.2. The summed E-state index contributed by atoms with van der Waals surface area (Å²) < 4.78 is 1.80. The Kier molecular flexibility index (Phi) is 3.43. The molecule has 3 heterocycles. The number of imidazole rings is 1. The number of hydrogen-bond donors (Lipinski definition) is 2. The van der Waals surface area contributed by atoms with E-state index >= 15 is 0 Å². The van der Waals surface area contributed by atoms with E-state index in [1.54, 1.807) is 4.40 Å². The number of thiazole rings is 1. The van der Waals surface area contributed by atoms with Crippen LogP contribution in [-0.2, 0) is 0 Å². The van der Waals surface area contributed by atoms with Gasteiger partial charge in [-0.2, -0.15) is 10.2 Å². The minimum absolute atomic E-state index is 0.0165. The Bertz CT molecular complexity index is 851. The molecule has 7 nitrogen and oxygen atoms in total. The predicted molar refractivity (Wildman–Crippen MR) is 79.2 cm³/mol. The molecule has 0 amide bonds. The van der Waals surface area contributed by atoms with Gasteiger partial charge in [-0.3, -0.25) is 14.6 Å². The van der Waals surface area contributed by atoms with Gasteiger partial charge in [0, 0.05) is 11.6 Å². The van der Waals surface area contributed by atoms with Gasteiger partial charge in [-0.05, 0) is 0 Å². The Balaban J connectivity index is 1.88. The van der Waals surface area contributed by atoms with E-state index in [0.717, 1.165) is 4.96 Å². The Hall–Kier alpha value is -1.90. The maximum atomic E-state index is 11.3. The molecule has 0 aliphatic rings. The van der Waals surface area contributed by atoms with E-state index in [2.05, 4.69) is 25.7 Å². The third-order valence-corrected chi connectivity index (χ3v) is 3.83. The molecule has 3 aromatic heterocycles. The third-order valence-electron chi connectivity index (χ3n) is 2.42. The number of anilines is 1. The average molecular weight is 329 g/mol. The number of rotatable bonds is 3. The lowest BCUT2D eigenvalue weighted by atomic mass is 10.5. The highest BCUT2D eigenvalue weighted by molar-refractivity contribution is 7.15. The summed E-state index contributed by atoms with van der Waals surface area (Å²) in [5.74, 6) is 0.